The molecular formula is C13H13N. The molecule has 0 heterocycles. The van der Waals surface area contributed by atoms with Crippen LogP contribution in [0.15, 0.2) is 48.5 Å². The molecular weight excluding hydrogens is 170 g/mol. The zero-order valence-electron chi connectivity index (χ0n) is 8.20. The van der Waals surface area contributed by atoms with Gasteiger partial charge in [0.2, 0.25) is 0 Å². The maximum absolute atomic E-state index is 5.86. The van der Waals surface area contributed by atoms with Crippen LogP contribution in [0.1, 0.15) is 5.56 Å². The van der Waals surface area contributed by atoms with Gasteiger partial charge in [0.05, 0.1) is 0 Å². The Labute approximate surface area is 84.2 Å². The van der Waals surface area contributed by atoms with Gasteiger partial charge in [-0.2, -0.15) is 0 Å². The molecule has 0 aromatic heterocycles. The van der Waals surface area contributed by atoms with Crippen LogP contribution in [0.25, 0.3) is 11.1 Å². The highest BCUT2D eigenvalue weighted by Crippen LogP contribution is 2.26. The average molecular weight is 183 g/mol. The van der Waals surface area contributed by atoms with Gasteiger partial charge in [-0.25, -0.2) is 0 Å². The lowest BCUT2D eigenvalue weighted by Crippen LogP contribution is -1.91. The lowest BCUT2D eigenvalue weighted by Gasteiger charge is -2.07. The molecule has 0 aliphatic heterocycles. The summed E-state index contributed by atoms with van der Waals surface area (Å²) < 4.78 is 0. The highest BCUT2D eigenvalue weighted by Gasteiger charge is 2.02. The van der Waals surface area contributed by atoms with E-state index in [9.17, 15) is 0 Å². The van der Waals surface area contributed by atoms with E-state index >= 15 is 0 Å². The lowest BCUT2D eigenvalue weighted by molar-refractivity contribution is 1.46. The van der Waals surface area contributed by atoms with Crippen molar-refractivity contribution in [2.24, 2.45) is 0 Å². The second-order valence-electron chi connectivity index (χ2n) is 3.39. The summed E-state index contributed by atoms with van der Waals surface area (Å²) in [5, 5.41) is 0. The standard InChI is InChI=1S/C13H13N/c1-10-12(8-5-9-13(10)14)11-6-3-2-4-7-11/h2-9H,14H2,1H3. The molecule has 1 nitrogen and oxygen atoms in total. The molecule has 2 rings (SSSR count). The fourth-order valence-corrected chi connectivity index (χ4v) is 1.58. The average Bonchev–Trinajstić information content (AvgIpc) is 2.23. The molecule has 0 aliphatic rings. The van der Waals surface area contributed by atoms with Crippen molar-refractivity contribution < 1.29 is 0 Å². The molecule has 0 fully saturated rings. The Kier molecular flexibility index (Phi) is 2.23. The molecule has 2 N–H and O–H groups in total. The highest BCUT2D eigenvalue weighted by atomic mass is 14.6. The van der Waals surface area contributed by atoms with Gasteiger partial charge in [-0.15, -0.1) is 0 Å². The third-order valence-corrected chi connectivity index (χ3v) is 2.46. The smallest absolute Gasteiger partial charge is 0.0349 e. The first kappa shape index (κ1) is 8.82. The fraction of sp³-hybridized carbons (Fsp3) is 0.0769. The minimum Gasteiger partial charge on any atom is -0.398 e. The Morgan fingerprint density at radius 3 is 2.29 bits per heavy atom. The van der Waals surface area contributed by atoms with Crippen molar-refractivity contribution in [3.63, 3.8) is 0 Å². The van der Waals surface area contributed by atoms with E-state index in [4.69, 9.17) is 5.73 Å². The summed E-state index contributed by atoms with van der Waals surface area (Å²) in [6.45, 7) is 2.05. The van der Waals surface area contributed by atoms with E-state index in [0.717, 1.165) is 11.3 Å². The van der Waals surface area contributed by atoms with Crippen LogP contribution in [-0.4, -0.2) is 0 Å². The Bertz CT molecular complexity index is 432. The summed E-state index contributed by atoms with van der Waals surface area (Å²) in [5.74, 6) is 0. The van der Waals surface area contributed by atoms with Crippen molar-refractivity contribution >= 4 is 5.69 Å². The van der Waals surface area contributed by atoms with Crippen molar-refractivity contribution in [3.8, 4) is 11.1 Å². The largest absolute Gasteiger partial charge is 0.398 e. The first-order valence-corrected chi connectivity index (χ1v) is 4.69. The maximum Gasteiger partial charge on any atom is 0.0349 e. The molecule has 2 aromatic rings. The zero-order valence-corrected chi connectivity index (χ0v) is 8.20. The van der Waals surface area contributed by atoms with Crippen molar-refractivity contribution in [1.82, 2.24) is 0 Å². The SMILES string of the molecule is Cc1c(N)cccc1-c1ccccc1. The number of rotatable bonds is 1. The molecule has 0 aliphatic carbocycles. The maximum atomic E-state index is 5.86. The summed E-state index contributed by atoms with van der Waals surface area (Å²) in [5.41, 5.74) is 10.3. The summed E-state index contributed by atoms with van der Waals surface area (Å²) in [6, 6.07) is 16.3. The van der Waals surface area contributed by atoms with E-state index in [1.807, 2.05) is 30.3 Å². The molecule has 0 bridgehead atoms. The van der Waals surface area contributed by atoms with Crippen LogP contribution in [0.4, 0.5) is 5.69 Å². The van der Waals surface area contributed by atoms with Crippen molar-refractivity contribution in [2.75, 3.05) is 5.73 Å². The lowest BCUT2D eigenvalue weighted by atomic mass is 10.00. The van der Waals surface area contributed by atoms with Gasteiger partial charge in [0, 0.05) is 5.69 Å². The Hall–Kier alpha value is -1.76. The summed E-state index contributed by atoms with van der Waals surface area (Å²) in [6.07, 6.45) is 0. The van der Waals surface area contributed by atoms with Gasteiger partial charge in [-0.1, -0.05) is 42.5 Å². The number of anilines is 1. The summed E-state index contributed by atoms with van der Waals surface area (Å²) in [4.78, 5) is 0. The molecule has 70 valence electrons. The highest BCUT2D eigenvalue weighted by molar-refractivity contribution is 5.72. The molecule has 0 saturated heterocycles. The zero-order chi connectivity index (χ0) is 9.97. The van der Waals surface area contributed by atoms with Gasteiger partial charge in [-0.05, 0) is 29.7 Å². The number of hydrogen-bond donors (Lipinski definition) is 1. The summed E-state index contributed by atoms with van der Waals surface area (Å²) in [7, 11) is 0. The number of benzene rings is 2. The fourth-order valence-electron chi connectivity index (χ4n) is 1.58. The molecule has 14 heavy (non-hydrogen) atoms. The monoisotopic (exact) mass is 183 g/mol. The molecule has 0 saturated carbocycles. The molecule has 0 spiro atoms. The predicted molar refractivity (Wildman–Crippen MR) is 61.0 cm³/mol. The van der Waals surface area contributed by atoms with E-state index in [-0.39, 0.29) is 0 Å². The van der Waals surface area contributed by atoms with Crippen molar-refractivity contribution in [3.05, 3.63) is 54.1 Å². The Balaban J connectivity index is 2.58. The van der Waals surface area contributed by atoms with Crippen molar-refractivity contribution in [1.29, 1.82) is 0 Å². The van der Waals surface area contributed by atoms with Crippen LogP contribution in [0, 0.1) is 6.92 Å². The van der Waals surface area contributed by atoms with Crippen LogP contribution in [0.5, 0.6) is 0 Å². The predicted octanol–water partition coefficient (Wildman–Crippen LogP) is 3.24. The van der Waals surface area contributed by atoms with Crippen molar-refractivity contribution in [2.45, 2.75) is 6.92 Å². The minimum absolute atomic E-state index is 0.853. The van der Waals surface area contributed by atoms with Gasteiger partial charge in [0.1, 0.15) is 0 Å². The molecule has 0 radical (unpaired) electrons. The van der Waals surface area contributed by atoms with E-state index in [0.29, 0.717) is 0 Å². The Morgan fingerprint density at radius 1 is 0.857 bits per heavy atom. The molecule has 0 atom stereocenters. The second kappa shape index (κ2) is 3.54. The quantitative estimate of drug-likeness (QED) is 0.675. The number of nitrogens with two attached hydrogens (primary N) is 1. The Morgan fingerprint density at radius 2 is 1.57 bits per heavy atom. The van der Waals surface area contributed by atoms with Gasteiger partial charge in [0.25, 0.3) is 0 Å². The number of hydrogen-bond acceptors (Lipinski definition) is 1. The van der Waals surface area contributed by atoms with Gasteiger partial charge >= 0.3 is 0 Å². The minimum atomic E-state index is 0.853. The van der Waals surface area contributed by atoms with Gasteiger partial charge in [0.15, 0.2) is 0 Å². The molecule has 0 unspecified atom stereocenters. The molecule has 0 amide bonds. The van der Waals surface area contributed by atoms with Crippen LogP contribution in [0.2, 0.25) is 0 Å². The third kappa shape index (κ3) is 1.49. The second-order valence-corrected chi connectivity index (χ2v) is 3.39. The molecule has 2 aromatic carbocycles. The first-order chi connectivity index (χ1) is 6.79. The van der Waals surface area contributed by atoms with Crippen LogP contribution < -0.4 is 5.73 Å². The van der Waals surface area contributed by atoms with Crippen LogP contribution in [0.3, 0.4) is 0 Å². The third-order valence-electron chi connectivity index (χ3n) is 2.46. The van der Waals surface area contributed by atoms with Crippen LogP contribution in [-0.2, 0) is 0 Å². The van der Waals surface area contributed by atoms with Gasteiger partial charge < -0.3 is 5.73 Å². The molecule has 1 heteroatoms. The van der Waals surface area contributed by atoms with E-state index in [1.165, 1.54) is 11.1 Å². The summed E-state index contributed by atoms with van der Waals surface area (Å²) >= 11 is 0. The first-order valence-electron chi connectivity index (χ1n) is 4.69. The normalized spacial score (nSPS) is 10.1. The van der Waals surface area contributed by atoms with E-state index < -0.39 is 0 Å². The van der Waals surface area contributed by atoms with Crippen LogP contribution >= 0.6 is 0 Å². The van der Waals surface area contributed by atoms with E-state index in [1.54, 1.807) is 0 Å². The topological polar surface area (TPSA) is 26.0 Å². The van der Waals surface area contributed by atoms with E-state index in [2.05, 4.69) is 25.1 Å². The number of nitrogen functional groups attached to an aromatic ring is 1. The van der Waals surface area contributed by atoms with Gasteiger partial charge in [-0.3, -0.25) is 0 Å².